The lowest BCUT2D eigenvalue weighted by Gasteiger charge is -2.18. The monoisotopic (exact) mass is 272 g/mol. The Labute approximate surface area is 119 Å². The molecule has 2 aliphatic carbocycles. The lowest BCUT2D eigenvalue weighted by atomic mass is 10.1. The second-order valence-electron chi connectivity index (χ2n) is 5.87. The summed E-state index contributed by atoms with van der Waals surface area (Å²) >= 11 is 0. The highest BCUT2D eigenvalue weighted by Crippen LogP contribution is 2.28. The molecular weight excluding hydrogens is 252 g/mol. The molecule has 0 saturated heterocycles. The average molecular weight is 272 g/mol. The molecule has 4 heteroatoms. The summed E-state index contributed by atoms with van der Waals surface area (Å²) in [7, 11) is 3.69. The third kappa shape index (κ3) is 2.55. The van der Waals surface area contributed by atoms with Crippen molar-refractivity contribution in [2.24, 2.45) is 0 Å². The van der Waals surface area contributed by atoms with Crippen LogP contribution in [0, 0.1) is 0 Å². The smallest absolute Gasteiger partial charge is 0.253 e. The van der Waals surface area contributed by atoms with Crippen LogP contribution in [0.15, 0.2) is 24.3 Å². The summed E-state index contributed by atoms with van der Waals surface area (Å²) in [5.41, 5.74) is 1.31. The fraction of sp³-hybridized carbons (Fsp3) is 0.500. The number of rotatable bonds is 4. The summed E-state index contributed by atoms with van der Waals surface area (Å²) < 4.78 is 0. The van der Waals surface area contributed by atoms with Crippen LogP contribution in [0.1, 0.15) is 46.4 Å². The Morgan fingerprint density at radius 3 is 1.35 bits per heavy atom. The first kappa shape index (κ1) is 13.2. The van der Waals surface area contributed by atoms with E-state index in [0.29, 0.717) is 23.2 Å². The number of amides is 2. The molecule has 2 amide bonds. The van der Waals surface area contributed by atoms with Crippen LogP contribution in [0.2, 0.25) is 0 Å². The molecule has 0 unspecified atom stereocenters. The molecule has 106 valence electrons. The van der Waals surface area contributed by atoms with Gasteiger partial charge in [-0.2, -0.15) is 0 Å². The van der Waals surface area contributed by atoms with Gasteiger partial charge in [-0.15, -0.1) is 0 Å². The summed E-state index contributed by atoms with van der Waals surface area (Å²) in [6.07, 6.45) is 4.41. The quantitative estimate of drug-likeness (QED) is 0.842. The Morgan fingerprint density at radius 2 is 1.10 bits per heavy atom. The lowest BCUT2D eigenvalue weighted by molar-refractivity contribution is 0.0773. The fourth-order valence-corrected chi connectivity index (χ4v) is 2.42. The molecule has 0 atom stereocenters. The van der Waals surface area contributed by atoms with E-state index in [4.69, 9.17) is 0 Å². The lowest BCUT2D eigenvalue weighted by Crippen LogP contribution is -2.30. The molecule has 2 fully saturated rings. The largest absolute Gasteiger partial charge is 0.339 e. The van der Waals surface area contributed by atoms with E-state index in [-0.39, 0.29) is 11.8 Å². The molecule has 20 heavy (non-hydrogen) atoms. The van der Waals surface area contributed by atoms with Crippen LogP contribution in [-0.4, -0.2) is 47.8 Å². The first-order chi connectivity index (χ1) is 9.58. The van der Waals surface area contributed by atoms with Crippen molar-refractivity contribution < 1.29 is 9.59 Å². The van der Waals surface area contributed by atoms with E-state index in [2.05, 4.69) is 0 Å². The predicted octanol–water partition coefficient (Wildman–Crippen LogP) is 2.16. The molecule has 0 radical (unpaired) electrons. The maximum Gasteiger partial charge on any atom is 0.253 e. The number of hydrogen-bond acceptors (Lipinski definition) is 2. The van der Waals surface area contributed by atoms with Crippen molar-refractivity contribution in [2.75, 3.05) is 14.1 Å². The molecule has 0 aliphatic heterocycles. The zero-order valence-electron chi connectivity index (χ0n) is 12.0. The highest BCUT2D eigenvalue weighted by molar-refractivity contribution is 5.98. The molecule has 0 heterocycles. The zero-order valence-corrected chi connectivity index (χ0v) is 12.0. The second-order valence-corrected chi connectivity index (χ2v) is 5.87. The van der Waals surface area contributed by atoms with E-state index >= 15 is 0 Å². The highest BCUT2D eigenvalue weighted by Gasteiger charge is 2.31. The predicted molar refractivity (Wildman–Crippen MR) is 76.7 cm³/mol. The third-order valence-electron chi connectivity index (χ3n) is 4.21. The van der Waals surface area contributed by atoms with Gasteiger partial charge < -0.3 is 9.80 Å². The van der Waals surface area contributed by atoms with E-state index < -0.39 is 0 Å². The molecule has 0 N–H and O–H groups in total. The van der Waals surface area contributed by atoms with Crippen molar-refractivity contribution in [1.29, 1.82) is 0 Å². The van der Waals surface area contributed by atoms with Gasteiger partial charge in [0.15, 0.2) is 0 Å². The molecule has 2 aliphatic rings. The normalized spacial score (nSPS) is 17.7. The van der Waals surface area contributed by atoms with Crippen molar-refractivity contribution >= 4 is 11.8 Å². The van der Waals surface area contributed by atoms with Crippen LogP contribution >= 0.6 is 0 Å². The van der Waals surface area contributed by atoms with Crippen molar-refractivity contribution in [3.8, 4) is 0 Å². The minimum absolute atomic E-state index is 0.0436. The molecule has 1 aromatic carbocycles. The first-order valence-corrected chi connectivity index (χ1v) is 7.22. The summed E-state index contributed by atoms with van der Waals surface area (Å²) in [6.45, 7) is 0. The molecular formula is C16H20N2O2. The maximum atomic E-state index is 12.2. The van der Waals surface area contributed by atoms with Crippen molar-refractivity contribution in [2.45, 2.75) is 37.8 Å². The highest BCUT2D eigenvalue weighted by atomic mass is 16.2. The maximum absolute atomic E-state index is 12.2. The number of benzene rings is 1. The van der Waals surface area contributed by atoms with Gasteiger partial charge in [0.25, 0.3) is 11.8 Å². The van der Waals surface area contributed by atoms with Crippen LogP contribution in [0.3, 0.4) is 0 Å². The van der Waals surface area contributed by atoms with Gasteiger partial charge in [-0.25, -0.2) is 0 Å². The molecule has 1 aromatic rings. The van der Waals surface area contributed by atoms with Gasteiger partial charge in [0.1, 0.15) is 0 Å². The summed E-state index contributed by atoms with van der Waals surface area (Å²) in [5.74, 6) is 0.0871. The van der Waals surface area contributed by atoms with Gasteiger partial charge in [-0.05, 0) is 49.9 Å². The van der Waals surface area contributed by atoms with Crippen LogP contribution in [0.5, 0.6) is 0 Å². The minimum Gasteiger partial charge on any atom is -0.339 e. The van der Waals surface area contributed by atoms with Crippen LogP contribution < -0.4 is 0 Å². The molecule has 4 nitrogen and oxygen atoms in total. The Balaban J connectivity index is 1.70. The summed E-state index contributed by atoms with van der Waals surface area (Å²) in [4.78, 5) is 28.0. The van der Waals surface area contributed by atoms with Gasteiger partial charge >= 0.3 is 0 Å². The van der Waals surface area contributed by atoms with Crippen LogP contribution in [-0.2, 0) is 0 Å². The topological polar surface area (TPSA) is 40.6 Å². The summed E-state index contributed by atoms with van der Waals surface area (Å²) in [5, 5.41) is 0. The van der Waals surface area contributed by atoms with Crippen LogP contribution in [0.25, 0.3) is 0 Å². The van der Waals surface area contributed by atoms with Gasteiger partial charge in [0.2, 0.25) is 0 Å². The molecule has 0 aromatic heterocycles. The van der Waals surface area contributed by atoms with Gasteiger partial charge in [-0.1, -0.05) is 0 Å². The standard InChI is InChI=1S/C16H20N2O2/c1-17(13-7-8-13)15(19)11-3-5-12(6-4-11)16(20)18(2)14-9-10-14/h3-6,13-14H,7-10H2,1-2H3. The number of hydrogen-bond donors (Lipinski definition) is 0. The number of nitrogens with zero attached hydrogens (tertiary/aromatic N) is 2. The minimum atomic E-state index is 0.0436. The third-order valence-corrected chi connectivity index (χ3v) is 4.21. The zero-order chi connectivity index (χ0) is 14.3. The van der Waals surface area contributed by atoms with E-state index in [9.17, 15) is 9.59 Å². The first-order valence-electron chi connectivity index (χ1n) is 7.22. The van der Waals surface area contributed by atoms with Gasteiger partial charge in [0.05, 0.1) is 0 Å². The Morgan fingerprint density at radius 1 is 0.800 bits per heavy atom. The van der Waals surface area contributed by atoms with Crippen LogP contribution in [0.4, 0.5) is 0 Å². The summed E-state index contributed by atoms with van der Waals surface area (Å²) in [6, 6.07) is 7.85. The van der Waals surface area contributed by atoms with Gasteiger partial charge in [0, 0.05) is 37.3 Å². The number of carbonyl (C=O) groups is 2. The Bertz CT molecular complexity index is 481. The molecule has 0 bridgehead atoms. The average Bonchev–Trinajstić information content (AvgIpc) is 3.35. The molecule has 2 saturated carbocycles. The van der Waals surface area contributed by atoms with E-state index in [1.807, 2.05) is 14.1 Å². The van der Waals surface area contributed by atoms with Crippen molar-refractivity contribution in [3.05, 3.63) is 35.4 Å². The van der Waals surface area contributed by atoms with E-state index in [0.717, 1.165) is 25.7 Å². The molecule has 3 rings (SSSR count). The van der Waals surface area contributed by atoms with Crippen molar-refractivity contribution in [3.63, 3.8) is 0 Å². The Kier molecular flexibility index (Phi) is 3.24. The van der Waals surface area contributed by atoms with E-state index in [1.54, 1.807) is 34.1 Å². The second kappa shape index (κ2) is 4.93. The molecule has 0 spiro atoms. The SMILES string of the molecule is CN(C(=O)c1ccc(C(=O)N(C)C2CC2)cc1)C1CC1. The number of carbonyl (C=O) groups excluding carboxylic acids is 2. The fourth-order valence-electron chi connectivity index (χ4n) is 2.42. The van der Waals surface area contributed by atoms with E-state index in [1.165, 1.54) is 0 Å². The Hall–Kier alpha value is -1.84. The van der Waals surface area contributed by atoms with Crippen molar-refractivity contribution in [1.82, 2.24) is 9.80 Å². The van der Waals surface area contributed by atoms with Gasteiger partial charge in [-0.3, -0.25) is 9.59 Å².